The summed E-state index contributed by atoms with van der Waals surface area (Å²) in [6, 6.07) is 1.58. The molecule has 0 aliphatic heterocycles. The average Bonchev–Trinajstić information content (AvgIpc) is 2.24. The number of aliphatic hydroxyl groups is 1. The van der Waals surface area contributed by atoms with Gasteiger partial charge < -0.3 is 9.84 Å². The molecule has 90 valence electrons. The van der Waals surface area contributed by atoms with Gasteiger partial charge in [0.2, 0.25) is 0 Å². The van der Waals surface area contributed by atoms with Gasteiger partial charge in [-0.25, -0.2) is 9.97 Å². The Morgan fingerprint density at radius 3 is 2.50 bits per heavy atom. The molecule has 0 fully saturated rings. The van der Waals surface area contributed by atoms with Crippen LogP contribution in [0.5, 0.6) is 0 Å². The first-order valence-electron chi connectivity index (χ1n) is 4.58. The molecule has 1 rings (SSSR count). The number of nitrogens with zero attached hydrogens (tertiary/aromatic N) is 2. The number of alkyl halides is 3. The summed E-state index contributed by atoms with van der Waals surface area (Å²) >= 11 is 0. The minimum Gasteiger partial charge on any atom is -0.385 e. The van der Waals surface area contributed by atoms with E-state index >= 15 is 0 Å². The third kappa shape index (κ3) is 5.04. The average molecular weight is 236 g/mol. The number of hydrogen-bond donors (Lipinski definition) is 1. The highest BCUT2D eigenvalue weighted by molar-refractivity contribution is 4.92. The summed E-state index contributed by atoms with van der Waals surface area (Å²) in [5.41, 5.74) is 0. The first-order valence-corrected chi connectivity index (χ1v) is 4.58. The zero-order valence-corrected chi connectivity index (χ0v) is 8.31. The van der Waals surface area contributed by atoms with Crippen LogP contribution >= 0.6 is 0 Å². The Labute approximate surface area is 90.1 Å². The molecule has 0 aromatic carbocycles. The van der Waals surface area contributed by atoms with Crippen LogP contribution in [0.2, 0.25) is 0 Å². The van der Waals surface area contributed by atoms with Crippen molar-refractivity contribution in [2.75, 3.05) is 13.2 Å². The molecule has 1 aromatic heterocycles. The molecule has 1 unspecified atom stereocenters. The number of hydrogen-bond acceptors (Lipinski definition) is 4. The summed E-state index contributed by atoms with van der Waals surface area (Å²) < 4.78 is 39.4. The highest BCUT2D eigenvalue weighted by Gasteiger charge is 2.27. The standard InChI is InChI=1S/C9H11F3N2O2/c10-9(11,12)6-16-5-2-7(15)8-13-3-1-4-14-8/h1,3-4,7,15H,2,5-6H2. The summed E-state index contributed by atoms with van der Waals surface area (Å²) in [4.78, 5) is 7.53. The molecule has 1 aromatic rings. The van der Waals surface area contributed by atoms with Crippen molar-refractivity contribution in [2.24, 2.45) is 0 Å². The van der Waals surface area contributed by atoms with Crippen molar-refractivity contribution in [1.29, 1.82) is 0 Å². The second-order valence-electron chi connectivity index (χ2n) is 3.08. The van der Waals surface area contributed by atoms with E-state index in [-0.39, 0.29) is 18.9 Å². The monoisotopic (exact) mass is 236 g/mol. The van der Waals surface area contributed by atoms with Crippen LogP contribution in [-0.4, -0.2) is 34.5 Å². The topological polar surface area (TPSA) is 55.2 Å². The van der Waals surface area contributed by atoms with Crippen LogP contribution in [0, 0.1) is 0 Å². The van der Waals surface area contributed by atoms with Crippen molar-refractivity contribution >= 4 is 0 Å². The summed E-state index contributed by atoms with van der Waals surface area (Å²) in [5, 5.41) is 9.46. The van der Waals surface area contributed by atoms with E-state index in [4.69, 9.17) is 0 Å². The minimum atomic E-state index is -4.34. The Morgan fingerprint density at radius 1 is 1.31 bits per heavy atom. The van der Waals surface area contributed by atoms with E-state index in [2.05, 4.69) is 14.7 Å². The Hall–Kier alpha value is -1.21. The molecule has 0 radical (unpaired) electrons. The van der Waals surface area contributed by atoms with E-state index in [9.17, 15) is 18.3 Å². The van der Waals surface area contributed by atoms with E-state index in [1.807, 2.05) is 0 Å². The minimum absolute atomic E-state index is 0.0279. The number of halogens is 3. The van der Waals surface area contributed by atoms with Gasteiger partial charge in [0, 0.05) is 25.4 Å². The van der Waals surface area contributed by atoms with Crippen molar-refractivity contribution in [1.82, 2.24) is 9.97 Å². The lowest BCUT2D eigenvalue weighted by Crippen LogP contribution is -2.18. The SMILES string of the molecule is OC(CCOCC(F)(F)F)c1ncccn1. The predicted octanol–water partition coefficient (Wildman–Crippen LogP) is 1.48. The second-order valence-corrected chi connectivity index (χ2v) is 3.08. The first-order chi connectivity index (χ1) is 7.49. The fourth-order valence-corrected chi connectivity index (χ4v) is 0.995. The van der Waals surface area contributed by atoms with Gasteiger partial charge in [-0.2, -0.15) is 13.2 Å². The Bertz CT molecular complexity index is 305. The van der Waals surface area contributed by atoms with Gasteiger partial charge in [-0.05, 0) is 6.07 Å². The molecule has 1 heterocycles. The molecule has 0 saturated heterocycles. The first kappa shape index (κ1) is 12.9. The molecule has 16 heavy (non-hydrogen) atoms. The van der Waals surface area contributed by atoms with Crippen molar-refractivity contribution in [3.05, 3.63) is 24.3 Å². The van der Waals surface area contributed by atoms with E-state index in [0.29, 0.717) is 0 Å². The third-order valence-electron chi connectivity index (χ3n) is 1.69. The molecule has 0 saturated carbocycles. The Kier molecular flexibility index (Phi) is 4.63. The van der Waals surface area contributed by atoms with E-state index in [1.165, 1.54) is 12.4 Å². The quantitative estimate of drug-likeness (QED) is 0.787. The fraction of sp³-hybridized carbons (Fsp3) is 0.556. The fourth-order valence-electron chi connectivity index (χ4n) is 0.995. The molecule has 0 bridgehead atoms. The molecule has 1 atom stereocenters. The van der Waals surface area contributed by atoms with Crippen LogP contribution in [0.15, 0.2) is 18.5 Å². The summed E-state index contributed by atoms with van der Waals surface area (Å²) in [5.74, 6) is 0.179. The number of ether oxygens (including phenoxy) is 1. The maximum absolute atomic E-state index is 11.7. The summed E-state index contributed by atoms with van der Waals surface area (Å²) in [6.45, 7) is -1.51. The van der Waals surface area contributed by atoms with Gasteiger partial charge in [-0.3, -0.25) is 0 Å². The van der Waals surface area contributed by atoms with Gasteiger partial charge in [0.15, 0.2) is 5.82 Å². The van der Waals surface area contributed by atoms with Crippen molar-refractivity contribution in [2.45, 2.75) is 18.7 Å². The van der Waals surface area contributed by atoms with Crippen LogP contribution in [0.4, 0.5) is 13.2 Å². The van der Waals surface area contributed by atoms with Gasteiger partial charge in [-0.15, -0.1) is 0 Å². The zero-order chi connectivity index (χ0) is 12.0. The molecule has 0 aliphatic carbocycles. The highest BCUT2D eigenvalue weighted by atomic mass is 19.4. The number of rotatable bonds is 5. The van der Waals surface area contributed by atoms with Crippen LogP contribution in [0.25, 0.3) is 0 Å². The van der Waals surface area contributed by atoms with Gasteiger partial charge in [0.1, 0.15) is 12.7 Å². The summed E-state index contributed by atoms with van der Waals surface area (Å²) in [6.07, 6.45) is -2.42. The smallest absolute Gasteiger partial charge is 0.385 e. The van der Waals surface area contributed by atoms with Crippen LogP contribution in [-0.2, 0) is 4.74 Å². The van der Waals surface area contributed by atoms with E-state index < -0.39 is 18.9 Å². The molecular formula is C9H11F3N2O2. The largest absolute Gasteiger partial charge is 0.411 e. The Morgan fingerprint density at radius 2 is 1.94 bits per heavy atom. The number of aromatic nitrogens is 2. The lowest BCUT2D eigenvalue weighted by molar-refractivity contribution is -0.175. The van der Waals surface area contributed by atoms with Gasteiger partial charge in [0.05, 0.1) is 0 Å². The van der Waals surface area contributed by atoms with Gasteiger partial charge >= 0.3 is 6.18 Å². The maximum atomic E-state index is 11.7. The zero-order valence-electron chi connectivity index (χ0n) is 8.31. The number of aliphatic hydroxyl groups excluding tert-OH is 1. The lowest BCUT2D eigenvalue weighted by atomic mass is 10.2. The highest BCUT2D eigenvalue weighted by Crippen LogP contribution is 2.16. The van der Waals surface area contributed by atoms with Crippen LogP contribution < -0.4 is 0 Å². The lowest BCUT2D eigenvalue weighted by Gasteiger charge is -2.10. The molecule has 4 nitrogen and oxygen atoms in total. The molecule has 0 spiro atoms. The molecule has 0 aliphatic rings. The van der Waals surface area contributed by atoms with Crippen LogP contribution in [0.3, 0.4) is 0 Å². The Balaban J connectivity index is 2.24. The van der Waals surface area contributed by atoms with Gasteiger partial charge in [-0.1, -0.05) is 0 Å². The summed E-state index contributed by atoms with van der Waals surface area (Å²) in [7, 11) is 0. The van der Waals surface area contributed by atoms with Crippen molar-refractivity contribution < 1.29 is 23.0 Å². The molecular weight excluding hydrogens is 225 g/mol. The van der Waals surface area contributed by atoms with Crippen molar-refractivity contribution in [3.8, 4) is 0 Å². The van der Waals surface area contributed by atoms with E-state index in [0.717, 1.165) is 0 Å². The normalized spacial score (nSPS) is 13.8. The maximum Gasteiger partial charge on any atom is 0.411 e. The second kappa shape index (κ2) is 5.76. The van der Waals surface area contributed by atoms with Gasteiger partial charge in [0.25, 0.3) is 0 Å². The molecule has 1 N–H and O–H groups in total. The third-order valence-corrected chi connectivity index (χ3v) is 1.69. The molecule has 7 heteroatoms. The van der Waals surface area contributed by atoms with Crippen molar-refractivity contribution in [3.63, 3.8) is 0 Å². The predicted molar refractivity (Wildman–Crippen MR) is 48.5 cm³/mol. The van der Waals surface area contributed by atoms with Crippen LogP contribution in [0.1, 0.15) is 18.3 Å². The van der Waals surface area contributed by atoms with E-state index in [1.54, 1.807) is 6.07 Å². The molecule has 0 amide bonds.